The molecule has 0 bridgehead atoms. The molecule has 0 saturated heterocycles. The van der Waals surface area contributed by atoms with Gasteiger partial charge in [-0.25, -0.2) is 0 Å². The molecule has 0 amide bonds. The van der Waals surface area contributed by atoms with Crippen LogP contribution >= 0.6 is 0 Å². The van der Waals surface area contributed by atoms with E-state index in [9.17, 15) is 0 Å². The summed E-state index contributed by atoms with van der Waals surface area (Å²) in [7, 11) is 0. The summed E-state index contributed by atoms with van der Waals surface area (Å²) in [5.41, 5.74) is 2.84. The normalized spacial score (nSPS) is 10.8. The van der Waals surface area contributed by atoms with Gasteiger partial charge in [-0.3, -0.25) is 0 Å². The highest BCUT2D eigenvalue weighted by atomic mass is 16.3. The lowest BCUT2D eigenvalue weighted by atomic mass is 10.1. The first-order valence-corrected chi connectivity index (χ1v) is 8.28. The number of allylic oxidation sites excluding steroid dienone is 8. The van der Waals surface area contributed by atoms with Gasteiger partial charge >= 0.3 is 0 Å². The summed E-state index contributed by atoms with van der Waals surface area (Å²) in [6.45, 7) is 23.5. The molecule has 0 aliphatic rings. The third-order valence-corrected chi connectivity index (χ3v) is 2.15. The van der Waals surface area contributed by atoms with E-state index in [1.807, 2.05) is 91.8 Å². The van der Waals surface area contributed by atoms with Gasteiger partial charge in [0.05, 0.1) is 6.61 Å². The van der Waals surface area contributed by atoms with Gasteiger partial charge in [0.1, 0.15) is 0 Å². The van der Waals surface area contributed by atoms with E-state index in [4.69, 9.17) is 5.11 Å². The third-order valence-electron chi connectivity index (χ3n) is 2.15. The Morgan fingerprint density at radius 2 is 1.36 bits per heavy atom. The van der Waals surface area contributed by atoms with Gasteiger partial charge in [-0.2, -0.15) is 0 Å². The molecular weight excluding hydrogens is 268 g/mol. The zero-order chi connectivity index (χ0) is 18.4. The number of rotatable bonds is 6. The van der Waals surface area contributed by atoms with E-state index in [0.717, 1.165) is 16.7 Å². The monoisotopic (exact) mass is 306 g/mol. The number of hydrogen-bond donors (Lipinski definition) is 1. The summed E-state index contributed by atoms with van der Waals surface area (Å²) in [6, 6.07) is 0. The lowest BCUT2D eigenvalue weighted by molar-refractivity contribution is 0.335. The molecule has 128 valence electrons. The van der Waals surface area contributed by atoms with Crippen molar-refractivity contribution in [3.05, 3.63) is 72.4 Å². The van der Waals surface area contributed by atoms with Crippen molar-refractivity contribution in [2.45, 2.75) is 55.4 Å². The van der Waals surface area contributed by atoms with Gasteiger partial charge in [-0.15, -0.1) is 0 Å². The van der Waals surface area contributed by atoms with Crippen LogP contribution in [0.3, 0.4) is 0 Å². The van der Waals surface area contributed by atoms with Gasteiger partial charge in [0.2, 0.25) is 0 Å². The van der Waals surface area contributed by atoms with Crippen LogP contribution in [0.5, 0.6) is 0 Å². The summed E-state index contributed by atoms with van der Waals surface area (Å²) < 4.78 is 0. The molecule has 1 heteroatoms. The molecule has 0 aliphatic carbocycles. The maximum absolute atomic E-state index is 8.99. The van der Waals surface area contributed by atoms with E-state index in [1.165, 1.54) is 0 Å². The van der Waals surface area contributed by atoms with Gasteiger partial charge < -0.3 is 5.11 Å². The van der Waals surface area contributed by atoms with Crippen LogP contribution < -0.4 is 0 Å². The lowest BCUT2D eigenvalue weighted by Crippen LogP contribution is -1.86. The molecule has 0 spiro atoms. The highest BCUT2D eigenvalue weighted by Gasteiger charge is 1.93. The molecule has 0 aromatic heterocycles. The molecule has 0 radical (unpaired) electrons. The smallest absolute Gasteiger partial charge is 0.0678 e. The largest absolute Gasteiger partial charge is 0.392 e. The average Bonchev–Trinajstić information content (AvgIpc) is 2.61. The van der Waals surface area contributed by atoms with E-state index in [2.05, 4.69) is 13.2 Å². The van der Waals surface area contributed by atoms with Gasteiger partial charge in [0.15, 0.2) is 0 Å². The summed E-state index contributed by atoms with van der Waals surface area (Å²) in [6.07, 6.45) is 13.2. The van der Waals surface area contributed by atoms with Crippen molar-refractivity contribution >= 4 is 0 Å². The molecule has 0 fully saturated rings. The van der Waals surface area contributed by atoms with E-state index in [-0.39, 0.29) is 6.61 Å². The van der Waals surface area contributed by atoms with Crippen LogP contribution in [-0.2, 0) is 0 Å². The zero-order valence-electron chi connectivity index (χ0n) is 16.1. The predicted octanol–water partition coefficient (Wildman–Crippen LogP) is 6.80. The number of hydrogen-bond acceptors (Lipinski definition) is 1. The van der Waals surface area contributed by atoms with Crippen LogP contribution in [0.25, 0.3) is 0 Å². The SMILES string of the molecule is C=C/C=C\C(=C/C)C(=C)/C=C\C(=C/C)CO.CC.CC.CC. The molecule has 0 atom stereocenters. The van der Waals surface area contributed by atoms with Crippen LogP contribution in [0.1, 0.15) is 55.4 Å². The van der Waals surface area contributed by atoms with Crippen LogP contribution in [0.2, 0.25) is 0 Å². The highest BCUT2D eigenvalue weighted by Crippen LogP contribution is 2.12. The Kier molecular flexibility index (Phi) is 35.9. The van der Waals surface area contributed by atoms with Crippen molar-refractivity contribution in [3.63, 3.8) is 0 Å². The summed E-state index contributed by atoms with van der Waals surface area (Å²) in [5.74, 6) is 0. The van der Waals surface area contributed by atoms with Crippen molar-refractivity contribution < 1.29 is 5.11 Å². The molecule has 0 saturated carbocycles. The summed E-state index contributed by atoms with van der Waals surface area (Å²) in [5, 5.41) is 8.99. The minimum atomic E-state index is 0.0496. The topological polar surface area (TPSA) is 20.2 Å². The van der Waals surface area contributed by atoms with Crippen LogP contribution in [-0.4, -0.2) is 11.7 Å². The minimum Gasteiger partial charge on any atom is -0.392 e. The van der Waals surface area contributed by atoms with E-state index in [0.29, 0.717) is 0 Å². The van der Waals surface area contributed by atoms with E-state index in [1.54, 1.807) is 6.08 Å². The Morgan fingerprint density at radius 3 is 1.68 bits per heavy atom. The molecular formula is C21H38O. The minimum absolute atomic E-state index is 0.0496. The Labute approximate surface area is 140 Å². The van der Waals surface area contributed by atoms with Crippen LogP contribution in [0.15, 0.2) is 72.4 Å². The standard InChI is InChI=1S/C15H20O.3C2H6/c1-5-8-9-15(7-3)13(4)10-11-14(6-2)12-16;3*1-2/h5-11,16H,1,4,12H2,2-3H3;3*1-2H3/b9-8-,11-10-,14-6+,15-7+;;;. The molecule has 0 rings (SSSR count). The van der Waals surface area contributed by atoms with Gasteiger partial charge in [-0.1, -0.05) is 97.2 Å². The second-order valence-corrected chi connectivity index (χ2v) is 3.22. The molecule has 0 aromatic rings. The first-order chi connectivity index (χ1) is 10.7. The molecule has 0 unspecified atom stereocenters. The van der Waals surface area contributed by atoms with Crippen molar-refractivity contribution in [1.82, 2.24) is 0 Å². The average molecular weight is 307 g/mol. The Balaban J connectivity index is -0.000000238. The van der Waals surface area contributed by atoms with E-state index >= 15 is 0 Å². The Bertz CT molecular complexity index is 352. The van der Waals surface area contributed by atoms with E-state index < -0.39 is 0 Å². The molecule has 22 heavy (non-hydrogen) atoms. The second kappa shape index (κ2) is 27.7. The third kappa shape index (κ3) is 18.4. The van der Waals surface area contributed by atoms with Crippen molar-refractivity contribution in [2.75, 3.05) is 6.61 Å². The molecule has 0 heterocycles. The van der Waals surface area contributed by atoms with Crippen molar-refractivity contribution in [1.29, 1.82) is 0 Å². The molecule has 0 aliphatic heterocycles. The van der Waals surface area contributed by atoms with Gasteiger partial charge in [-0.05, 0) is 30.6 Å². The fourth-order valence-electron chi connectivity index (χ4n) is 1.10. The van der Waals surface area contributed by atoms with Crippen molar-refractivity contribution in [2.24, 2.45) is 0 Å². The predicted molar refractivity (Wildman–Crippen MR) is 106 cm³/mol. The second-order valence-electron chi connectivity index (χ2n) is 3.22. The van der Waals surface area contributed by atoms with Gasteiger partial charge in [0, 0.05) is 0 Å². The van der Waals surface area contributed by atoms with Crippen LogP contribution in [0, 0.1) is 0 Å². The highest BCUT2D eigenvalue weighted by molar-refractivity contribution is 5.46. The summed E-state index contributed by atoms with van der Waals surface area (Å²) in [4.78, 5) is 0. The first-order valence-electron chi connectivity index (χ1n) is 8.28. The fraction of sp³-hybridized carbons (Fsp3) is 0.429. The first kappa shape index (κ1) is 28.5. The maximum Gasteiger partial charge on any atom is 0.0678 e. The summed E-state index contributed by atoms with van der Waals surface area (Å²) >= 11 is 0. The molecule has 1 N–H and O–H groups in total. The van der Waals surface area contributed by atoms with Gasteiger partial charge in [0.25, 0.3) is 0 Å². The number of aliphatic hydroxyl groups is 1. The molecule has 0 aromatic carbocycles. The lowest BCUT2D eigenvalue weighted by Gasteiger charge is -2.01. The fourth-order valence-corrected chi connectivity index (χ4v) is 1.10. The Morgan fingerprint density at radius 1 is 0.864 bits per heavy atom. The number of aliphatic hydroxyl groups excluding tert-OH is 1. The zero-order valence-corrected chi connectivity index (χ0v) is 16.1. The molecule has 1 nitrogen and oxygen atoms in total. The maximum atomic E-state index is 8.99. The Hall–Kier alpha value is -1.60. The quantitative estimate of drug-likeness (QED) is 0.535. The van der Waals surface area contributed by atoms with Crippen LogP contribution in [0.4, 0.5) is 0 Å². The van der Waals surface area contributed by atoms with Crippen molar-refractivity contribution in [3.8, 4) is 0 Å².